The number of ketones is 3. The summed E-state index contributed by atoms with van der Waals surface area (Å²) in [6, 6.07) is 33.3. The third-order valence-electron chi connectivity index (χ3n) is 5.17. The van der Waals surface area contributed by atoms with E-state index in [-0.39, 0.29) is 16.7 Å². The summed E-state index contributed by atoms with van der Waals surface area (Å²) in [4.78, 5) is 41.8. The fourth-order valence-corrected chi connectivity index (χ4v) is 3.47. The molecular formula is C28H20N2O3. The normalized spacial score (nSPS) is 11.3. The van der Waals surface area contributed by atoms with Crippen LogP contribution < -0.4 is 0 Å². The minimum Gasteiger partial charge on any atom is -0.290 e. The molecule has 4 aromatic carbocycles. The van der Waals surface area contributed by atoms with Crippen LogP contribution in [0, 0.1) is 0 Å². The Kier molecular flexibility index (Phi) is 6.41. The molecule has 0 saturated heterocycles. The lowest BCUT2D eigenvalue weighted by atomic mass is 9.77. The first-order valence-corrected chi connectivity index (χ1v) is 10.4. The highest BCUT2D eigenvalue weighted by Crippen LogP contribution is 2.30. The van der Waals surface area contributed by atoms with Gasteiger partial charge in [0.25, 0.3) is 5.54 Å². The van der Waals surface area contributed by atoms with Crippen molar-refractivity contribution >= 4 is 23.0 Å². The highest BCUT2D eigenvalue weighted by atomic mass is 16.2. The second-order valence-corrected chi connectivity index (χ2v) is 7.33. The second-order valence-electron chi connectivity index (χ2n) is 7.33. The predicted octanol–water partition coefficient (Wildman–Crippen LogP) is 6.16. The van der Waals surface area contributed by atoms with E-state index in [1.807, 2.05) is 6.07 Å². The van der Waals surface area contributed by atoms with Crippen LogP contribution in [0.2, 0.25) is 0 Å². The van der Waals surface area contributed by atoms with Crippen LogP contribution in [0.4, 0.5) is 5.69 Å². The lowest BCUT2D eigenvalue weighted by Crippen LogP contribution is -2.52. The molecule has 0 radical (unpaired) electrons. The number of azo groups is 1. The van der Waals surface area contributed by atoms with Gasteiger partial charge >= 0.3 is 0 Å². The minimum absolute atomic E-state index is 0.193. The molecule has 0 aliphatic rings. The smallest absolute Gasteiger partial charge is 0.268 e. The molecular weight excluding hydrogens is 412 g/mol. The number of rotatable bonds is 8. The van der Waals surface area contributed by atoms with Crippen LogP contribution in [0.1, 0.15) is 31.1 Å². The van der Waals surface area contributed by atoms with Gasteiger partial charge in [-0.2, -0.15) is 10.2 Å². The zero-order valence-electron chi connectivity index (χ0n) is 17.7. The predicted molar refractivity (Wildman–Crippen MR) is 126 cm³/mol. The Morgan fingerprint density at radius 1 is 0.455 bits per heavy atom. The Labute approximate surface area is 191 Å². The number of nitrogens with zero attached hydrogens (tertiary/aromatic N) is 2. The van der Waals surface area contributed by atoms with Crippen LogP contribution in [-0.2, 0) is 0 Å². The van der Waals surface area contributed by atoms with Crippen molar-refractivity contribution in [2.45, 2.75) is 5.54 Å². The van der Waals surface area contributed by atoms with E-state index in [0.29, 0.717) is 5.69 Å². The molecule has 0 aliphatic heterocycles. The number of Topliss-reactive ketones (excluding diaryl/α,β-unsaturated/α-hetero) is 3. The summed E-state index contributed by atoms with van der Waals surface area (Å²) in [6.45, 7) is 0. The Morgan fingerprint density at radius 3 is 1.09 bits per heavy atom. The maximum absolute atomic E-state index is 13.9. The van der Waals surface area contributed by atoms with Crippen LogP contribution >= 0.6 is 0 Å². The average molecular weight is 432 g/mol. The van der Waals surface area contributed by atoms with E-state index in [1.54, 1.807) is 115 Å². The third kappa shape index (κ3) is 4.43. The zero-order chi connectivity index (χ0) is 23.1. The van der Waals surface area contributed by atoms with Gasteiger partial charge in [-0.25, -0.2) is 0 Å². The van der Waals surface area contributed by atoms with Crippen molar-refractivity contribution < 1.29 is 14.4 Å². The average Bonchev–Trinajstić information content (AvgIpc) is 2.90. The molecule has 4 rings (SSSR count). The summed E-state index contributed by atoms with van der Waals surface area (Å²) < 4.78 is 0. The molecule has 0 fully saturated rings. The Morgan fingerprint density at radius 2 is 0.758 bits per heavy atom. The molecule has 0 saturated carbocycles. The fraction of sp³-hybridized carbons (Fsp3) is 0.0357. The summed E-state index contributed by atoms with van der Waals surface area (Å²) in [7, 11) is 0. The lowest BCUT2D eigenvalue weighted by Gasteiger charge is -2.25. The van der Waals surface area contributed by atoms with Gasteiger partial charge in [-0.15, -0.1) is 0 Å². The number of carbonyl (C=O) groups is 3. The molecule has 4 aromatic rings. The van der Waals surface area contributed by atoms with E-state index >= 15 is 0 Å². The van der Waals surface area contributed by atoms with Gasteiger partial charge in [-0.3, -0.25) is 14.4 Å². The van der Waals surface area contributed by atoms with Crippen molar-refractivity contribution in [2.24, 2.45) is 10.2 Å². The van der Waals surface area contributed by atoms with E-state index in [4.69, 9.17) is 0 Å². The summed E-state index contributed by atoms with van der Waals surface area (Å²) in [5.41, 5.74) is -1.42. The summed E-state index contributed by atoms with van der Waals surface area (Å²) >= 11 is 0. The van der Waals surface area contributed by atoms with E-state index in [2.05, 4.69) is 10.2 Å². The largest absolute Gasteiger partial charge is 0.290 e. The topological polar surface area (TPSA) is 75.9 Å². The monoisotopic (exact) mass is 432 g/mol. The molecule has 0 bridgehead atoms. The molecule has 0 N–H and O–H groups in total. The van der Waals surface area contributed by atoms with E-state index in [0.717, 1.165) is 0 Å². The van der Waals surface area contributed by atoms with Gasteiger partial charge in [0.2, 0.25) is 17.3 Å². The molecule has 0 spiro atoms. The van der Waals surface area contributed by atoms with Crippen LogP contribution in [0.25, 0.3) is 0 Å². The first kappa shape index (κ1) is 21.7. The Balaban J connectivity index is 1.97. The van der Waals surface area contributed by atoms with Crippen LogP contribution in [0.15, 0.2) is 132 Å². The SMILES string of the molecule is O=C(c1ccccc1)C(N=Nc1ccccc1)(C(=O)c1ccccc1)C(=O)c1ccccc1. The first-order valence-electron chi connectivity index (χ1n) is 10.4. The van der Waals surface area contributed by atoms with Gasteiger partial charge in [0, 0.05) is 16.7 Å². The maximum atomic E-state index is 13.9. The lowest BCUT2D eigenvalue weighted by molar-refractivity contribution is 0.0689. The Hall–Kier alpha value is -4.51. The molecule has 0 amide bonds. The van der Waals surface area contributed by atoms with Gasteiger partial charge in [0.05, 0.1) is 5.69 Å². The number of carbonyl (C=O) groups excluding carboxylic acids is 3. The maximum Gasteiger partial charge on any atom is 0.268 e. The molecule has 0 aromatic heterocycles. The molecule has 0 heterocycles. The highest BCUT2D eigenvalue weighted by molar-refractivity contribution is 6.40. The standard InChI is InChI=1S/C28H20N2O3/c31-25(21-13-5-1-6-14-21)28(26(32)22-15-7-2-8-16-22,27(33)23-17-9-3-10-18-23)30-29-24-19-11-4-12-20-24/h1-20H. The molecule has 0 atom stereocenters. The quantitative estimate of drug-likeness (QED) is 0.190. The summed E-state index contributed by atoms with van der Waals surface area (Å²) in [5.74, 6) is -2.19. The number of hydrogen-bond acceptors (Lipinski definition) is 5. The first-order chi connectivity index (χ1) is 16.1. The summed E-state index contributed by atoms with van der Waals surface area (Å²) in [6.07, 6.45) is 0. The third-order valence-corrected chi connectivity index (χ3v) is 5.17. The van der Waals surface area contributed by atoms with Gasteiger partial charge in [0.1, 0.15) is 0 Å². The van der Waals surface area contributed by atoms with Crippen molar-refractivity contribution in [3.05, 3.63) is 138 Å². The van der Waals surface area contributed by atoms with Gasteiger partial charge in [-0.05, 0) is 12.1 Å². The van der Waals surface area contributed by atoms with E-state index < -0.39 is 22.9 Å². The van der Waals surface area contributed by atoms with Crippen molar-refractivity contribution in [3.63, 3.8) is 0 Å². The molecule has 160 valence electrons. The van der Waals surface area contributed by atoms with Crippen LogP contribution in [0.5, 0.6) is 0 Å². The molecule has 0 unspecified atom stereocenters. The Bertz CT molecular complexity index is 1160. The van der Waals surface area contributed by atoms with Crippen molar-refractivity contribution in [2.75, 3.05) is 0 Å². The minimum atomic E-state index is -2.42. The number of hydrogen-bond donors (Lipinski definition) is 0. The molecule has 5 nitrogen and oxygen atoms in total. The van der Waals surface area contributed by atoms with E-state index in [9.17, 15) is 14.4 Å². The van der Waals surface area contributed by atoms with Crippen LogP contribution in [0.3, 0.4) is 0 Å². The van der Waals surface area contributed by atoms with Crippen molar-refractivity contribution in [3.8, 4) is 0 Å². The van der Waals surface area contributed by atoms with Gasteiger partial charge in [0.15, 0.2) is 0 Å². The molecule has 5 heteroatoms. The van der Waals surface area contributed by atoms with Crippen molar-refractivity contribution in [1.82, 2.24) is 0 Å². The van der Waals surface area contributed by atoms with Gasteiger partial charge in [-0.1, -0.05) is 109 Å². The molecule has 0 aliphatic carbocycles. The van der Waals surface area contributed by atoms with Crippen molar-refractivity contribution in [1.29, 1.82) is 0 Å². The highest BCUT2D eigenvalue weighted by Gasteiger charge is 2.54. The fourth-order valence-electron chi connectivity index (χ4n) is 3.47. The summed E-state index contributed by atoms with van der Waals surface area (Å²) in [5, 5.41) is 8.41. The van der Waals surface area contributed by atoms with E-state index in [1.165, 1.54) is 0 Å². The second kappa shape index (κ2) is 9.75. The van der Waals surface area contributed by atoms with Gasteiger partial charge < -0.3 is 0 Å². The molecule has 33 heavy (non-hydrogen) atoms. The number of benzene rings is 4. The zero-order valence-corrected chi connectivity index (χ0v) is 17.7. The van der Waals surface area contributed by atoms with Crippen LogP contribution in [-0.4, -0.2) is 22.9 Å².